The Kier molecular flexibility index (Phi) is 5.46. The molecule has 1 aromatic heterocycles. The Labute approximate surface area is 147 Å². The number of rotatable bonds is 7. The number of aromatic amines is 1. The summed E-state index contributed by atoms with van der Waals surface area (Å²) in [4.78, 5) is 20.0. The van der Waals surface area contributed by atoms with E-state index in [4.69, 9.17) is 4.74 Å². The quantitative estimate of drug-likeness (QED) is 0.694. The summed E-state index contributed by atoms with van der Waals surface area (Å²) in [7, 11) is 0. The maximum atomic E-state index is 12.2. The fourth-order valence-electron chi connectivity index (χ4n) is 2.54. The van der Waals surface area contributed by atoms with Crippen molar-refractivity contribution in [2.75, 3.05) is 6.54 Å². The van der Waals surface area contributed by atoms with Crippen LogP contribution in [0.2, 0.25) is 0 Å². The summed E-state index contributed by atoms with van der Waals surface area (Å²) >= 11 is 0. The molecule has 0 fully saturated rings. The van der Waals surface area contributed by atoms with E-state index in [0.29, 0.717) is 25.1 Å². The van der Waals surface area contributed by atoms with Gasteiger partial charge in [0.1, 0.15) is 5.82 Å². The number of para-hydroxylation sites is 2. The van der Waals surface area contributed by atoms with Crippen LogP contribution in [-0.2, 0) is 17.8 Å². The second kappa shape index (κ2) is 7.94. The smallest absolute Gasteiger partial charge is 0.251 e. The van der Waals surface area contributed by atoms with Crippen molar-refractivity contribution in [3.8, 4) is 0 Å². The number of nitrogens with zero attached hydrogens (tertiary/aromatic N) is 1. The van der Waals surface area contributed by atoms with E-state index in [-0.39, 0.29) is 12.0 Å². The van der Waals surface area contributed by atoms with Gasteiger partial charge >= 0.3 is 0 Å². The average Bonchev–Trinajstić information content (AvgIpc) is 3.03. The van der Waals surface area contributed by atoms with Crippen LogP contribution in [0.5, 0.6) is 0 Å². The third-order valence-electron chi connectivity index (χ3n) is 3.89. The standard InChI is InChI=1S/C20H23N3O2/c1-14(2)25-13-15-7-9-16(10-8-15)20(24)21-12-11-19-22-17-5-3-4-6-18(17)23-19/h3-10,14H,11-13H2,1-2H3,(H,21,24)(H,22,23). The molecule has 2 aromatic carbocycles. The Morgan fingerprint density at radius 1 is 1.16 bits per heavy atom. The van der Waals surface area contributed by atoms with Gasteiger partial charge in [0.05, 0.1) is 23.7 Å². The minimum Gasteiger partial charge on any atom is -0.374 e. The summed E-state index contributed by atoms with van der Waals surface area (Å²) in [5.41, 5.74) is 3.68. The normalized spacial score (nSPS) is 11.2. The lowest BCUT2D eigenvalue weighted by molar-refractivity contribution is 0.0657. The SMILES string of the molecule is CC(C)OCc1ccc(C(=O)NCCc2nc3ccccc3[nH]2)cc1. The van der Waals surface area contributed by atoms with Gasteiger partial charge < -0.3 is 15.0 Å². The molecule has 0 saturated carbocycles. The summed E-state index contributed by atoms with van der Waals surface area (Å²) in [5, 5.41) is 2.93. The molecule has 1 amide bonds. The highest BCUT2D eigenvalue weighted by Gasteiger charge is 2.07. The number of H-pyrrole nitrogens is 1. The second-order valence-corrected chi connectivity index (χ2v) is 6.26. The van der Waals surface area contributed by atoms with Crippen LogP contribution in [0, 0.1) is 0 Å². The van der Waals surface area contributed by atoms with E-state index in [2.05, 4.69) is 15.3 Å². The number of hydrogen-bond donors (Lipinski definition) is 2. The number of aromatic nitrogens is 2. The van der Waals surface area contributed by atoms with Crippen LogP contribution in [0.25, 0.3) is 11.0 Å². The molecule has 2 N–H and O–H groups in total. The zero-order valence-corrected chi connectivity index (χ0v) is 14.6. The molecule has 1 heterocycles. The van der Waals surface area contributed by atoms with E-state index in [1.807, 2.05) is 62.4 Å². The fraction of sp³-hybridized carbons (Fsp3) is 0.300. The van der Waals surface area contributed by atoms with E-state index in [1.165, 1.54) is 0 Å². The highest BCUT2D eigenvalue weighted by atomic mass is 16.5. The third-order valence-corrected chi connectivity index (χ3v) is 3.89. The number of hydrogen-bond acceptors (Lipinski definition) is 3. The Balaban J connectivity index is 1.50. The van der Waals surface area contributed by atoms with Crippen molar-refractivity contribution in [2.24, 2.45) is 0 Å². The monoisotopic (exact) mass is 337 g/mol. The predicted molar refractivity (Wildman–Crippen MR) is 98.5 cm³/mol. The lowest BCUT2D eigenvalue weighted by atomic mass is 10.1. The van der Waals surface area contributed by atoms with Crippen molar-refractivity contribution in [1.29, 1.82) is 0 Å². The van der Waals surface area contributed by atoms with Gasteiger partial charge in [-0.1, -0.05) is 24.3 Å². The molecule has 0 aliphatic rings. The van der Waals surface area contributed by atoms with Crippen molar-refractivity contribution in [3.63, 3.8) is 0 Å². The first-order chi connectivity index (χ1) is 12.1. The van der Waals surface area contributed by atoms with E-state index < -0.39 is 0 Å². The van der Waals surface area contributed by atoms with Crippen LogP contribution in [0.15, 0.2) is 48.5 Å². The maximum absolute atomic E-state index is 12.2. The van der Waals surface area contributed by atoms with Gasteiger partial charge in [-0.25, -0.2) is 4.98 Å². The Hall–Kier alpha value is -2.66. The Morgan fingerprint density at radius 3 is 2.64 bits per heavy atom. The molecule has 0 unspecified atom stereocenters. The first-order valence-electron chi connectivity index (χ1n) is 8.54. The summed E-state index contributed by atoms with van der Waals surface area (Å²) in [5.74, 6) is 0.801. The van der Waals surface area contributed by atoms with E-state index in [1.54, 1.807) is 0 Å². The zero-order chi connectivity index (χ0) is 17.6. The molecule has 0 radical (unpaired) electrons. The summed E-state index contributed by atoms with van der Waals surface area (Å²) < 4.78 is 5.56. The summed E-state index contributed by atoms with van der Waals surface area (Å²) in [6.07, 6.45) is 0.863. The highest BCUT2D eigenvalue weighted by Crippen LogP contribution is 2.10. The molecular formula is C20H23N3O2. The topological polar surface area (TPSA) is 67.0 Å². The Morgan fingerprint density at radius 2 is 1.92 bits per heavy atom. The van der Waals surface area contributed by atoms with Crippen LogP contribution in [0.1, 0.15) is 35.6 Å². The van der Waals surface area contributed by atoms with Gasteiger partial charge in [0.25, 0.3) is 5.91 Å². The molecule has 0 aliphatic heterocycles. The van der Waals surface area contributed by atoms with Crippen LogP contribution >= 0.6 is 0 Å². The lowest BCUT2D eigenvalue weighted by Crippen LogP contribution is -2.25. The van der Waals surface area contributed by atoms with Crippen molar-refractivity contribution in [1.82, 2.24) is 15.3 Å². The van der Waals surface area contributed by atoms with Gasteiger partial charge in [-0.2, -0.15) is 0 Å². The average molecular weight is 337 g/mol. The zero-order valence-electron chi connectivity index (χ0n) is 14.6. The number of nitrogens with one attached hydrogen (secondary N) is 2. The van der Waals surface area contributed by atoms with Gasteiger partial charge in [0.2, 0.25) is 0 Å². The molecule has 0 saturated heterocycles. The number of imidazole rings is 1. The van der Waals surface area contributed by atoms with Crippen molar-refractivity contribution < 1.29 is 9.53 Å². The summed E-state index contributed by atoms with van der Waals surface area (Å²) in [6.45, 7) is 5.11. The van der Waals surface area contributed by atoms with E-state index in [0.717, 1.165) is 22.4 Å². The van der Waals surface area contributed by atoms with Crippen LogP contribution in [-0.4, -0.2) is 28.5 Å². The number of ether oxygens (including phenoxy) is 1. The molecule has 0 atom stereocenters. The Bertz CT molecular complexity index is 805. The molecule has 5 heteroatoms. The first kappa shape index (κ1) is 17.2. The molecule has 3 rings (SSSR count). The number of fused-ring (bicyclic) bond motifs is 1. The second-order valence-electron chi connectivity index (χ2n) is 6.26. The van der Waals surface area contributed by atoms with Gasteiger partial charge in [-0.05, 0) is 43.7 Å². The molecule has 0 spiro atoms. The van der Waals surface area contributed by atoms with Gasteiger partial charge in [-0.15, -0.1) is 0 Å². The lowest BCUT2D eigenvalue weighted by Gasteiger charge is -2.08. The minimum atomic E-state index is -0.0764. The van der Waals surface area contributed by atoms with Crippen molar-refractivity contribution in [2.45, 2.75) is 33.0 Å². The summed E-state index contributed by atoms with van der Waals surface area (Å²) in [6, 6.07) is 15.4. The number of benzene rings is 2. The van der Waals surface area contributed by atoms with Crippen LogP contribution in [0.3, 0.4) is 0 Å². The highest BCUT2D eigenvalue weighted by molar-refractivity contribution is 5.94. The van der Waals surface area contributed by atoms with Gasteiger partial charge in [-0.3, -0.25) is 4.79 Å². The molecular weight excluding hydrogens is 314 g/mol. The fourth-order valence-corrected chi connectivity index (χ4v) is 2.54. The predicted octanol–water partition coefficient (Wildman–Crippen LogP) is 3.46. The molecule has 25 heavy (non-hydrogen) atoms. The largest absolute Gasteiger partial charge is 0.374 e. The first-order valence-corrected chi connectivity index (χ1v) is 8.54. The number of carbonyl (C=O) groups excluding carboxylic acids is 1. The molecule has 3 aromatic rings. The van der Waals surface area contributed by atoms with Crippen molar-refractivity contribution in [3.05, 3.63) is 65.5 Å². The third kappa shape index (κ3) is 4.67. The maximum Gasteiger partial charge on any atom is 0.251 e. The minimum absolute atomic E-state index is 0.0764. The van der Waals surface area contributed by atoms with Crippen LogP contribution < -0.4 is 5.32 Å². The number of carbonyl (C=O) groups is 1. The molecule has 130 valence electrons. The molecule has 0 bridgehead atoms. The van der Waals surface area contributed by atoms with E-state index >= 15 is 0 Å². The van der Waals surface area contributed by atoms with Gasteiger partial charge in [0, 0.05) is 18.5 Å². The molecule has 5 nitrogen and oxygen atoms in total. The number of amides is 1. The van der Waals surface area contributed by atoms with E-state index in [9.17, 15) is 4.79 Å². The van der Waals surface area contributed by atoms with Crippen LogP contribution in [0.4, 0.5) is 0 Å². The molecule has 0 aliphatic carbocycles. The van der Waals surface area contributed by atoms with Crippen molar-refractivity contribution >= 4 is 16.9 Å². The van der Waals surface area contributed by atoms with Gasteiger partial charge in [0.15, 0.2) is 0 Å².